The van der Waals surface area contributed by atoms with Crippen LogP contribution < -0.4 is 5.32 Å². The monoisotopic (exact) mass is 187 g/mol. The molecule has 2 aliphatic carbocycles. The lowest BCUT2D eigenvalue weighted by atomic mass is 10.1. The zero-order chi connectivity index (χ0) is 9.54. The Morgan fingerprint density at radius 3 is 2.21 bits per heavy atom. The van der Waals surface area contributed by atoms with Gasteiger partial charge in [-0.25, -0.2) is 0 Å². The van der Waals surface area contributed by atoms with Crippen molar-refractivity contribution >= 4 is 0 Å². The SMILES string of the molecule is CN[C@H]1C[C@@H]1c1ccc(C2CC2)cc1. The standard InChI is InChI=1S/C13H17N/c1-14-13-8-12(13)11-6-4-10(5-7-11)9-2-3-9/h4-7,9,12-14H,2-3,8H2,1H3/t12-,13+/m1/s1. The molecule has 0 amide bonds. The third-order valence-electron chi connectivity index (χ3n) is 3.57. The van der Waals surface area contributed by atoms with Gasteiger partial charge in [0, 0.05) is 12.0 Å². The van der Waals surface area contributed by atoms with E-state index in [2.05, 4.69) is 36.6 Å². The summed E-state index contributed by atoms with van der Waals surface area (Å²) in [7, 11) is 2.06. The number of likely N-dealkylation sites (N-methyl/N-ethyl adjacent to an activating group) is 1. The maximum atomic E-state index is 3.34. The molecule has 2 atom stereocenters. The highest BCUT2D eigenvalue weighted by Crippen LogP contribution is 2.43. The van der Waals surface area contributed by atoms with Gasteiger partial charge in [0.25, 0.3) is 0 Å². The average molecular weight is 187 g/mol. The van der Waals surface area contributed by atoms with Crippen LogP contribution in [-0.2, 0) is 0 Å². The Balaban J connectivity index is 1.74. The average Bonchev–Trinajstić information content (AvgIpc) is 3.11. The quantitative estimate of drug-likeness (QED) is 0.767. The van der Waals surface area contributed by atoms with E-state index in [0.717, 1.165) is 17.9 Å². The first-order valence-electron chi connectivity index (χ1n) is 5.65. The maximum Gasteiger partial charge on any atom is 0.0140 e. The van der Waals surface area contributed by atoms with E-state index >= 15 is 0 Å². The normalized spacial score (nSPS) is 30.4. The molecule has 0 bridgehead atoms. The molecule has 0 aromatic heterocycles. The Morgan fingerprint density at radius 1 is 1.07 bits per heavy atom. The lowest BCUT2D eigenvalue weighted by Gasteiger charge is -2.02. The van der Waals surface area contributed by atoms with Crippen molar-refractivity contribution in [1.29, 1.82) is 0 Å². The smallest absolute Gasteiger partial charge is 0.0140 e. The zero-order valence-corrected chi connectivity index (χ0v) is 8.66. The molecule has 0 heterocycles. The summed E-state index contributed by atoms with van der Waals surface area (Å²) in [4.78, 5) is 0. The van der Waals surface area contributed by atoms with Gasteiger partial charge in [-0.3, -0.25) is 0 Å². The van der Waals surface area contributed by atoms with E-state index in [4.69, 9.17) is 0 Å². The van der Waals surface area contributed by atoms with Gasteiger partial charge in [0.15, 0.2) is 0 Å². The Morgan fingerprint density at radius 2 is 1.71 bits per heavy atom. The van der Waals surface area contributed by atoms with Gasteiger partial charge in [0.05, 0.1) is 0 Å². The molecule has 0 unspecified atom stereocenters. The van der Waals surface area contributed by atoms with Gasteiger partial charge < -0.3 is 5.32 Å². The number of nitrogens with one attached hydrogen (secondary N) is 1. The molecule has 1 N–H and O–H groups in total. The summed E-state index contributed by atoms with van der Waals surface area (Å²) in [5.41, 5.74) is 3.07. The Bertz CT molecular complexity index is 324. The van der Waals surface area contributed by atoms with Gasteiger partial charge in [-0.05, 0) is 43.4 Å². The largest absolute Gasteiger partial charge is 0.316 e. The summed E-state index contributed by atoms with van der Waals surface area (Å²) in [6.45, 7) is 0. The summed E-state index contributed by atoms with van der Waals surface area (Å²) in [5.74, 6) is 1.68. The summed E-state index contributed by atoms with van der Waals surface area (Å²) in [5, 5.41) is 3.34. The molecule has 0 radical (unpaired) electrons. The van der Waals surface area contributed by atoms with Gasteiger partial charge in [-0.2, -0.15) is 0 Å². The van der Waals surface area contributed by atoms with Crippen LogP contribution in [0.15, 0.2) is 24.3 Å². The minimum absolute atomic E-state index is 0.738. The van der Waals surface area contributed by atoms with Crippen molar-refractivity contribution in [1.82, 2.24) is 5.32 Å². The third-order valence-corrected chi connectivity index (χ3v) is 3.57. The minimum Gasteiger partial charge on any atom is -0.316 e. The van der Waals surface area contributed by atoms with E-state index < -0.39 is 0 Å². The van der Waals surface area contributed by atoms with E-state index in [1.807, 2.05) is 0 Å². The third kappa shape index (κ3) is 1.46. The van der Waals surface area contributed by atoms with Crippen LogP contribution >= 0.6 is 0 Å². The Labute approximate surface area is 85.5 Å². The van der Waals surface area contributed by atoms with Crippen LogP contribution in [0.4, 0.5) is 0 Å². The second kappa shape index (κ2) is 3.09. The van der Waals surface area contributed by atoms with E-state index in [9.17, 15) is 0 Å². The van der Waals surface area contributed by atoms with Crippen LogP contribution in [0.5, 0.6) is 0 Å². The highest BCUT2D eigenvalue weighted by molar-refractivity contribution is 5.33. The number of benzene rings is 1. The van der Waals surface area contributed by atoms with Gasteiger partial charge in [-0.1, -0.05) is 24.3 Å². The van der Waals surface area contributed by atoms with Crippen molar-refractivity contribution in [3.8, 4) is 0 Å². The first-order valence-corrected chi connectivity index (χ1v) is 5.65. The molecular weight excluding hydrogens is 170 g/mol. The van der Waals surface area contributed by atoms with Crippen molar-refractivity contribution in [2.75, 3.05) is 7.05 Å². The second-order valence-electron chi connectivity index (χ2n) is 4.68. The first-order chi connectivity index (χ1) is 6.88. The highest BCUT2D eigenvalue weighted by atomic mass is 14.9. The first kappa shape index (κ1) is 8.49. The van der Waals surface area contributed by atoms with Gasteiger partial charge in [0.1, 0.15) is 0 Å². The van der Waals surface area contributed by atoms with Crippen LogP contribution in [0.2, 0.25) is 0 Å². The second-order valence-corrected chi connectivity index (χ2v) is 4.68. The Kier molecular flexibility index (Phi) is 1.88. The fourth-order valence-electron chi connectivity index (χ4n) is 2.31. The summed E-state index contributed by atoms with van der Waals surface area (Å²) >= 11 is 0. The van der Waals surface area contributed by atoms with Crippen molar-refractivity contribution in [2.45, 2.75) is 37.1 Å². The van der Waals surface area contributed by atoms with Crippen LogP contribution in [0.1, 0.15) is 42.2 Å². The van der Waals surface area contributed by atoms with E-state index in [1.165, 1.54) is 24.8 Å². The number of hydrogen-bond acceptors (Lipinski definition) is 1. The fraction of sp³-hybridized carbons (Fsp3) is 0.538. The lowest BCUT2D eigenvalue weighted by molar-refractivity contribution is 0.783. The summed E-state index contributed by atoms with van der Waals surface area (Å²) in [6, 6.07) is 10.1. The molecular formula is C13H17N. The number of hydrogen-bond donors (Lipinski definition) is 1. The van der Waals surface area contributed by atoms with Crippen molar-refractivity contribution in [3.63, 3.8) is 0 Å². The number of rotatable bonds is 3. The predicted octanol–water partition coefficient (Wildman–Crippen LogP) is 2.64. The topological polar surface area (TPSA) is 12.0 Å². The van der Waals surface area contributed by atoms with Crippen LogP contribution in [-0.4, -0.2) is 13.1 Å². The molecule has 1 heteroatoms. The summed E-state index contributed by atoms with van der Waals surface area (Å²) < 4.78 is 0. The molecule has 1 aromatic rings. The van der Waals surface area contributed by atoms with E-state index in [0.29, 0.717) is 0 Å². The van der Waals surface area contributed by atoms with Crippen LogP contribution in [0, 0.1) is 0 Å². The Hall–Kier alpha value is -0.820. The van der Waals surface area contributed by atoms with Crippen LogP contribution in [0.3, 0.4) is 0 Å². The van der Waals surface area contributed by atoms with Gasteiger partial charge >= 0.3 is 0 Å². The highest BCUT2D eigenvalue weighted by Gasteiger charge is 2.36. The molecule has 2 saturated carbocycles. The molecule has 0 aliphatic heterocycles. The summed E-state index contributed by atoms with van der Waals surface area (Å²) in [6.07, 6.45) is 4.13. The van der Waals surface area contributed by atoms with E-state index in [-0.39, 0.29) is 0 Å². The molecule has 1 aromatic carbocycles. The predicted molar refractivity (Wildman–Crippen MR) is 58.6 cm³/mol. The molecule has 74 valence electrons. The molecule has 0 spiro atoms. The maximum absolute atomic E-state index is 3.34. The molecule has 14 heavy (non-hydrogen) atoms. The van der Waals surface area contributed by atoms with Crippen molar-refractivity contribution < 1.29 is 0 Å². The van der Waals surface area contributed by atoms with Gasteiger partial charge in [0.2, 0.25) is 0 Å². The lowest BCUT2D eigenvalue weighted by Crippen LogP contribution is -2.10. The van der Waals surface area contributed by atoms with E-state index in [1.54, 1.807) is 5.56 Å². The molecule has 3 rings (SSSR count). The zero-order valence-electron chi connectivity index (χ0n) is 8.66. The van der Waals surface area contributed by atoms with Crippen molar-refractivity contribution in [3.05, 3.63) is 35.4 Å². The van der Waals surface area contributed by atoms with Crippen LogP contribution in [0.25, 0.3) is 0 Å². The fourth-order valence-corrected chi connectivity index (χ4v) is 2.31. The molecule has 2 fully saturated rings. The molecule has 1 nitrogen and oxygen atoms in total. The molecule has 0 saturated heterocycles. The molecule has 2 aliphatic rings. The van der Waals surface area contributed by atoms with Gasteiger partial charge in [-0.15, -0.1) is 0 Å². The minimum atomic E-state index is 0.738. The van der Waals surface area contributed by atoms with Crippen molar-refractivity contribution in [2.24, 2.45) is 0 Å².